The van der Waals surface area contributed by atoms with Gasteiger partial charge in [-0.05, 0) is 33.4 Å². The van der Waals surface area contributed by atoms with Gasteiger partial charge in [0, 0.05) is 23.3 Å². The number of nitrogens with one attached hydrogen (secondary N) is 1. The molecule has 1 heterocycles. The van der Waals surface area contributed by atoms with Crippen LogP contribution in [-0.4, -0.2) is 27.5 Å². The van der Waals surface area contributed by atoms with Crippen molar-refractivity contribution in [2.45, 2.75) is 45.3 Å². The molecule has 1 aromatic heterocycles. The second-order valence-electron chi connectivity index (χ2n) is 5.07. The van der Waals surface area contributed by atoms with E-state index in [1.807, 2.05) is 18.7 Å². The first-order valence-electron chi connectivity index (χ1n) is 6.31. The summed E-state index contributed by atoms with van der Waals surface area (Å²) in [7, 11) is 0. The van der Waals surface area contributed by atoms with Crippen LogP contribution in [0.15, 0.2) is 0 Å². The van der Waals surface area contributed by atoms with E-state index in [9.17, 15) is 0 Å². The van der Waals surface area contributed by atoms with Crippen LogP contribution in [0, 0.1) is 6.92 Å². The Morgan fingerprint density at radius 2 is 2.00 bits per heavy atom. The minimum atomic E-state index is 0.178. The first-order valence-corrected chi connectivity index (χ1v) is 7.54. The van der Waals surface area contributed by atoms with Crippen molar-refractivity contribution in [2.24, 2.45) is 0 Å². The van der Waals surface area contributed by atoms with Gasteiger partial charge >= 0.3 is 0 Å². The zero-order valence-electron chi connectivity index (χ0n) is 12.0. The normalized spacial score (nSPS) is 11.6. The Morgan fingerprint density at radius 1 is 1.33 bits per heavy atom. The maximum atomic E-state index is 5.93. The van der Waals surface area contributed by atoms with Crippen LogP contribution in [0.3, 0.4) is 0 Å². The Morgan fingerprint density at radius 3 is 2.56 bits per heavy atom. The van der Waals surface area contributed by atoms with E-state index in [0.717, 1.165) is 36.6 Å². The quantitative estimate of drug-likeness (QED) is 0.830. The molecule has 0 aliphatic carbocycles. The topological polar surface area (TPSA) is 63.8 Å². The molecule has 0 amide bonds. The van der Waals surface area contributed by atoms with E-state index in [2.05, 4.69) is 42.3 Å². The average Bonchev–Trinajstić information content (AvgIpc) is 2.32. The van der Waals surface area contributed by atoms with Gasteiger partial charge in [-0.15, -0.1) is 0 Å². The van der Waals surface area contributed by atoms with Gasteiger partial charge in [0.1, 0.15) is 17.5 Å². The van der Waals surface area contributed by atoms with Gasteiger partial charge < -0.3 is 11.1 Å². The van der Waals surface area contributed by atoms with Crippen LogP contribution >= 0.6 is 11.8 Å². The van der Waals surface area contributed by atoms with Gasteiger partial charge in [0.25, 0.3) is 0 Å². The molecule has 0 aliphatic heterocycles. The predicted octanol–water partition coefficient (Wildman–Crippen LogP) is 2.87. The zero-order chi connectivity index (χ0) is 13.8. The van der Waals surface area contributed by atoms with Crippen molar-refractivity contribution >= 4 is 23.4 Å². The smallest absolute Gasteiger partial charge is 0.134 e. The lowest BCUT2D eigenvalue weighted by atomic mass is 10.2. The van der Waals surface area contributed by atoms with Gasteiger partial charge in [-0.1, -0.05) is 6.92 Å². The number of nitrogens with two attached hydrogens (primary N) is 1. The molecular weight excluding hydrogens is 244 g/mol. The van der Waals surface area contributed by atoms with Crippen molar-refractivity contribution in [2.75, 3.05) is 23.9 Å². The number of rotatable bonds is 6. The molecule has 0 saturated heterocycles. The van der Waals surface area contributed by atoms with Gasteiger partial charge in [-0.2, -0.15) is 11.8 Å². The number of hydrogen-bond donors (Lipinski definition) is 2. The maximum absolute atomic E-state index is 5.93. The molecule has 0 bridgehead atoms. The summed E-state index contributed by atoms with van der Waals surface area (Å²) in [5, 5.41) is 3.39. The number of aryl methyl sites for hydroxylation is 1. The second-order valence-corrected chi connectivity index (χ2v) is 6.58. The number of thioether (sulfide) groups is 1. The number of aromatic nitrogens is 2. The van der Waals surface area contributed by atoms with E-state index in [1.54, 1.807) is 0 Å². The van der Waals surface area contributed by atoms with Crippen LogP contribution in [0.4, 0.5) is 11.6 Å². The van der Waals surface area contributed by atoms with Gasteiger partial charge in [0.15, 0.2) is 0 Å². The molecular formula is C13H24N4S. The van der Waals surface area contributed by atoms with Crippen molar-refractivity contribution < 1.29 is 0 Å². The number of nitrogens with zero attached hydrogens (tertiary/aromatic N) is 2. The highest BCUT2D eigenvalue weighted by atomic mass is 32.2. The molecule has 0 spiro atoms. The monoisotopic (exact) mass is 268 g/mol. The average molecular weight is 268 g/mol. The summed E-state index contributed by atoms with van der Waals surface area (Å²) in [4.78, 5) is 8.86. The van der Waals surface area contributed by atoms with Crippen LogP contribution in [0.1, 0.15) is 38.6 Å². The SMILES string of the molecule is CCCc1nc(N)c(C)c(NCC(C)(C)SC)n1. The molecule has 18 heavy (non-hydrogen) atoms. The first kappa shape index (κ1) is 15.1. The molecule has 102 valence electrons. The molecule has 0 fully saturated rings. The summed E-state index contributed by atoms with van der Waals surface area (Å²) in [5.74, 6) is 2.27. The van der Waals surface area contributed by atoms with E-state index >= 15 is 0 Å². The fourth-order valence-corrected chi connectivity index (χ4v) is 1.67. The van der Waals surface area contributed by atoms with E-state index < -0.39 is 0 Å². The molecule has 5 heteroatoms. The highest BCUT2D eigenvalue weighted by Gasteiger charge is 2.17. The largest absolute Gasteiger partial charge is 0.383 e. The Hall–Kier alpha value is -0.970. The number of anilines is 2. The summed E-state index contributed by atoms with van der Waals surface area (Å²) in [6.07, 6.45) is 4.01. The molecule has 0 aromatic carbocycles. The lowest BCUT2D eigenvalue weighted by Gasteiger charge is -2.23. The van der Waals surface area contributed by atoms with Gasteiger partial charge in [0.05, 0.1) is 0 Å². The minimum absolute atomic E-state index is 0.178. The summed E-state index contributed by atoms with van der Waals surface area (Å²) >= 11 is 1.83. The molecule has 0 aliphatic rings. The molecule has 0 unspecified atom stereocenters. The summed E-state index contributed by atoms with van der Waals surface area (Å²) in [6.45, 7) is 9.34. The lowest BCUT2D eigenvalue weighted by Crippen LogP contribution is -2.27. The predicted molar refractivity (Wildman–Crippen MR) is 81.3 cm³/mol. The molecule has 0 atom stereocenters. The minimum Gasteiger partial charge on any atom is -0.383 e. The van der Waals surface area contributed by atoms with Crippen LogP contribution < -0.4 is 11.1 Å². The van der Waals surface area contributed by atoms with Crippen LogP contribution in [0.25, 0.3) is 0 Å². The fraction of sp³-hybridized carbons (Fsp3) is 0.692. The third kappa shape index (κ3) is 4.05. The van der Waals surface area contributed by atoms with E-state index in [-0.39, 0.29) is 4.75 Å². The van der Waals surface area contributed by atoms with E-state index in [4.69, 9.17) is 5.73 Å². The van der Waals surface area contributed by atoms with Crippen molar-refractivity contribution in [3.63, 3.8) is 0 Å². The number of nitrogen functional groups attached to an aromatic ring is 1. The summed E-state index contributed by atoms with van der Waals surface area (Å²) in [6, 6.07) is 0. The van der Waals surface area contributed by atoms with Crippen molar-refractivity contribution in [1.82, 2.24) is 9.97 Å². The fourth-order valence-electron chi connectivity index (χ4n) is 1.46. The molecule has 1 aromatic rings. The highest BCUT2D eigenvalue weighted by molar-refractivity contribution is 7.99. The van der Waals surface area contributed by atoms with Crippen LogP contribution in [0.2, 0.25) is 0 Å². The first-order chi connectivity index (χ1) is 8.39. The zero-order valence-corrected chi connectivity index (χ0v) is 12.8. The van der Waals surface area contributed by atoms with Gasteiger partial charge in [-0.3, -0.25) is 0 Å². The Balaban J connectivity index is 2.87. The second kappa shape index (κ2) is 6.27. The van der Waals surface area contributed by atoms with Crippen molar-refractivity contribution in [1.29, 1.82) is 0 Å². The molecule has 3 N–H and O–H groups in total. The maximum Gasteiger partial charge on any atom is 0.134 e. The van der Waals surface area contributed by atoms with E-state index in [1.165, 1.54) is 0 Å². The Kier molecular flexibility index (Phi) is 5.26. The Bertz CT molecular complexity index is 404. The molecule has 0 radical (unpaired) electrons. The summed E-state index contributed by atoms with van der Waals surface area (Å²) in [5.41, 5.74) is 6.86. The standard InChI is InChI=1S/C13H24N4S/c1-6-7-10-16-11(14)9(2)12(17-10)15-8-13(3,4)18-5/h6-8H2,1-5H3,(H3,14,15,16,17). The number of hydrogen-bond acceptors (Lipinski definition) is 5. The van der Waals surface area contributed by atoms with Gasteiger partial charge in [-0.25, -0.2) is 9.97 Å². The molecule has 4 nitrogen and oxygen atoms in total. The van der Waals surface area contributed by atoms with Crippen LogP contribution in [-0.2, 0) is 6.42 Å². The lowest BCUT2D eigenvalue weighted by molar-refractivity contribution is 0.746. The summed E-state index contributed by atoms with van der Waals surface area (Å²) < 4.78 is 0.178. The third-order valence-electron chi connectivity index (χ3n) is 2.94. The molecule has 1 rings (SSSR count). The molecule has 0 saturated carbocycles. The third-order valence-corrected chi connectivity index (χ3v) is 4.19. The Labute approximate surface area is 114 Å². The van der Waals surface area contributed by atoms with Crippen molar-refractivity contribution in [3.05, 3.63) is 11.4 Å². The van der Waals surface area contributed by atoms with Gasteiger partial charge in [0.2, 0.25) is 0 Å². The van der Waals surface area contributed by atoms with Crippen LogP contribution in [0.5, 0.6) is 0 Å². The highest BCUT2D eigenvalue weighted by Crippen LogP contribution is 2.23. The van der Waals surface area contributed by atoms with Crippen molar-refractivity contribution in [3.8, 4) is 0 Å². The van der Waals surface area contributed by atoms with E-state index in [0.29, 0.717) is 5.82 Å².